The number of pyridine rings is 1. The van der Waals surface area contributed by atoms with Gasteiger partial charge in [0, 0.05) is 29.0 Å². The van der Waals surface area contributed by atoms with Gasteiger partial charge in [-0.05, 0) is 61.0 Å². The minimum Gasteiger partial charge on any atom is -0.351 e. The van der Waals surface area contributed by atoms with Gasteiger partial charge >= 0.3 is 0 Å². The van der Waals surface area contributed by atoms with Gasteiger partial charge in [-0.25, -0.2) is 0 Å². The Labute approximate surface area is 193 Å². The molecule has 1 atom stereocenters. The molecule has 0 bridgehead atoms. The fourth-order valence-corrected chi connectivity index (χ4v) is 4.98. The Kier molecular flexibility index (Phi) is 7.32. The minimum absolute atomic E-state index is 0.100. The van der Waals surface area contributed by atoms with Crippen LogP contribution >= 0.6 is 11.3 Å². The molecule has 5 nitrogen and oxygen atoms in total. The van der Waals surface area contributed by atoms with Crippen LogP contribution in [0.15, 0.2) is 66.3 Å². The average molecular weight is 448 g/mol. The third-order valence-electron chi connectivity index (χ3n) is 5.97. The number of hydrogen-bond donors (Lipinski definition) is 1. The van der Waals surface area contributed by atoms with Crippen LogP contribution in [0.1, 0.15) is 54.1 Å². The van der Waals surface area contributed by atoms with Gasteiger partial charge in [0.2, 0.25) is 11.8 Å². The highest BCUT2D eigenvalue weighted by Gasteiger charge is 2.34. The lowest BCUT2D eigenvalue weighted by Crippen LogP contribution is -2.47. The number of nitrogens with one attached hydrogen (secondary N) is 1. The molecule has 0 radical (unpaired) electrons. The summed E-state index contributed by atoms with van der Waals surface area (Å²) in [5.41, 5.74) is 2.58. The molecule has 6 heteroatoms. The number of benzene rings is 1. The third kappa shape index (κ3) is 5.43. The standard InChI is InChI=1S/C26H29N3O2S/c1-19-9-11-22(12-10-19)29(24(30)18-23-8-5-17-32-23)25(20-13-15-27-16-14-20)26(31)28-21-6-3-2-4-7-21/h5,8-17,21,25H,2-4,6-7,18H2,1H3,(H,28,31)/t25-/m1/s1. The average Bonchev–Trinajstić information content (AvgIpc) is 3.32. The maximum Gasteiger partial charge on any atom is 0.248 e. The molecule has 3 aromatic rings. The highest BCUT2D eigenvalue weighted by molar-refractivity contribution is 7.10. The number of amides is 2. The van der Waals surface area contributed by atoms with E-state index < -0.39 is 6.04 Å². The highest BCUT2D eigenvalue weighted by atomic mass is 32.1. The van der Waals surface area contributed by atoms with Crippen molar-refractivity contribution < 1.29 is 9.59 Å². The van der Waals surface area contributed by atoms with Crippen molar-refractivity contribution in [2.24, 2.45) is 0 Å². The monoisotopic (exact) mass is 447 g/mol. The minimum atomic E-state index is -0.755. The molecule has 4 rings (SSSR count). The van der Waals surface area contributed by atoms with Crippen LogP contribution in [0.4, 0.5) is 5.69 Å². The molecule has 1 saturated carbocycles. The summed E-state index contributed by atoms with van der Waals surface area (Å²) in [6.45, 7) is 2.01. The molecule has 0 unspecified atom stereocenters. The summed E-state index contributed by atoms with van der Waals surface area (Å²) in [5.74, 6) is -0.236. The number of carbonyl (C=O) groups is 2. The van der Waals surface area contributed by atoms with Gasteiger partial charge in [-0.3, -0.25) is 19.5 Å². The summed E-state index contributed by atoms with van der Waals surface area (Å²) >= 11 is 1.55. The van der Waals surface area contributed by atoms with Gasteiger partial charge < -0.3 is 5.32 Å². The Morgan fingerprint density at radius 3 is 2.44 bits per heavy atom. The molecule has 0 saturated heterocycles. The third-order valence-corrected chi connectivity index (χ3v) is 6.84. The Morgan fingerprint density at radius 2 is 1.78 bits per heavy atom. The molecule has 2 heterocycles. The van der Waals surface area contributed by atoms with E-state index in [1.54, 1.807) is 28.6 Å². The van der Waals surface area contributed by atoms with Gasteiger partial charge in [0.25, 0.3) is 0 Å². The molecule has 1 N–H and O–H groups in total. The van der Waals surface area contributed by atoms with Crippen LogP contribution in [0.5, 0.6) is 0 Å². The van der Waals surface area contributed by atoms with E-state index in [9.17, 15) is 9.59 Å². The zero-order valence-electron chi connectivity index (χ0n) is 18.4. The van der Waals surface area contributed by atoms with E-state index in [4.69, 9.17) is 0 Å². The van der Waals surface area contributed by atoms with E-state index in [0.29, 0.717) is 0 Å². The summed E-state index contributed by atoms with van der Waals surface area (Å²) in [6, 6.07) is 14.7. The molecule has 1 aliphatic carbocycles. The smallest absolute Gasteiger partial charge is 0.248 e. The van der Waals surface area contributed by atoms with Crippen molar-refractivity contribution in [2.75, 3.05) is 4.90 Å². The molecule has 32 heavy (non-hydrogen) atoms. The first-order chi connectivity index (χ1) is 15.6. The Bertz CT molecular complexity index is 1010. The number of aryl methyl sites for hydroxylation is 1. The summed E-state index contributed by atoms with van der Waals surface area (Å²) in [4.78, 5) is 34.1. The second-order valence-corrected chi connectivity index (χ2v) is 9.41. The summed E-state index contributed by atoms with van der Waals surface area (Å²) in [5, 5.41) is 5.21. The van der Waals surface area contributed by atoms with Crippen LogP contribution in [0, 0.1) is 6.92 Å². The topological polar surface area (TPSA) is 62.3 Å². The fourth-order valence-electron chi connectivity index (χ4n) is 4.28. The Hall–Kier alpha value is -2.99. The summed E-state index contributed by atoms with van der Waals surface area (Å²) in [7, 11) is 0. The van der Waals surface area contributed by atoms with Gasteiger partial charge in [0.05, 0.1) is 6.42 Å². The first-order valence-corrected chi connectivity index (χ1v) is 12.1. The van der Waals surface area contributed by atoms with E-state index in [-0.39, 0.29) is 24.3 Å². The number of thiophene rings is 1. The van der Waals surface area contributed by atoms with E-state index in [2.05, 4.69) is 10.3 Å². The lowest BCUT2D eigenvalue weighted by molar-refractivity contribution is -0.127. The first kappa shape index (κ1) is 22.2. The Morgan fingerprint density at radius 1 is 1.06 bits per heavy atom. The van der Waals surface area contributed by atoms with Crippen molar-refractivity contribution >= 4 is 28.8 Å². The van der Waals surface area contributed by atoms with E-state index in [1.165, 1.54) is 6.42 Å². The SMILES string of the molecule is Cc1ccc(N(C(=O)Cc2cccs2)[C@@H](C(=O)NC2CCCCC2)c2ccncc2)cc1. The number of nitrogens with zero attached hydrogens (tertiary/aromatic N) is 2. The van der Waals surface area contributed by atoms with Gasteiger partial charge in [-0.15, -0.1) is 11.3 Å². The molecule has 1 fully saturated rings. The molecular formula is C26H29N3O2S. The fraction of sp³-hybridized carbons (Fsp3) is 0.346. The maximum atomic E-state index is 13.7. The van der Waals surface area contributed by atoms with E-state index in [0.717, 1.165) is 47.4 Å². The van der Waals surface area contributed by atoms with Gasteiger partial charge in [0.1, 0.15) is 6.04 Å². The molecule has 0 spiro atoms. The molecule has 0 aliphatic heterocycles. The predicted octanol–water partition coefficient (Wildman–Crippen LogP) is 5.22. The number of anilines is 1. The van der Waals surface area contributed by atoms with E-state index >= 15 is 0 Å². The molecule has 2 aromatic heterocycles. The first-order valence-electron chi connectivity index (χ1n) is 11.2. The molecule has 2 amide bonds. The van der Waals surface area contributed by atoms with Gasteiger partial charge in [-0.2, -0.15) is 0 Å². The second kappa shape index (κ2) is 10.6. The number of rotatable bonds is 7. The number of carbonyl (C=O) groups excluding carboxylic acids is 2. The van der Waals surface area contributed by atoms with Crippen molar-refractivity contribution in [1.29, 1.82) is 0 Å². The zero-order valence-corrected chi connectivity index (χ0v) is 19.2. The van der Waals surface area contributed by atoms with Crippen LogP contribution < -0.4 is 10.2 Å². The maximum absolute atomic E-state index is 13.7. The lowest BCUT2D eigenvalue weighted by Gasteiger charge is -2.33. The van der Waals surface area contributed by atoms with Crippen molar-refractivity contribution in [3.63, 3.8) is 0 Å². The van der Waals surface area contributed by atoms with Crippen molar-refractivity contribution in [2.45, 2.75) is 57.5 Å². The molecular weight excluding hydrogens is 418 g/mol. The van der Waals surface area contributed by atoms with Crippen LogP contribution in [0.3, 0.4) is 0 Å². The molecule has 166 valence electrons. The molecule has 1 aromatic carbocycles. The van der Waals surface area contributed by atoms with Crippen LogP contribution in [-0.2, 0) is 16.0 Å². The summed E-state index contributed by atoms with van der Waals surface area (Å²) < 4.78 is 0. The number of hydrogen-bond acceptors (Lipinski definition) is 4. The van der Waals surface area contributed by atoms with Crippen molar-refractivity contribution in [3.05, 3.63) is 82.3 Å². The Balaban J connectivity index is 1.71. The largest absolute Gasteiger partial charge is 0.351 e. The second-order valence-electron chi connectivity index (χ2n) is 8.38. The highest BCUT2D eigenvalue weighted by Crippen LogP contribution is 2.30. The van der Waals surface area contributed by atoms with Crippen molar-refractivity contribution in [1.82, 2.24) is 10.3 Å². The zero-order chi connectivity index (χ0) is 22.3. The van der Waals surface area contributed by atoms with Crippen LogP contribution in [0.2, 0.25) is 0 Å². The number of aromatic nitrogens is 1. The van der Waals surface area contributed by atoms with Gasteiger partial charge in [0.15, 0.2) is 0 Å². The van der Waals surface area contributed by atoms with Gasteiger partial charge in [-0.1, -0.05) is 43.0 Å². The normalized spacial score (nSPS) is 15.2. The van der Waals surface area contributed by atoms with Crippen LogP contribution in [0.25, 0.3) is 0 Å². The van der Waals surface area contributed by atoms with E-state index in [1.807, 2.05) is 60.8 Å². The predicted molar refractivity (Wildman–Crippen MR) is 129 cm³/mol. The molecule has 1 aliphatic rings. The quantitative estimate of drug-likeness (QED) is 0.540. The summed E-state index contributed by atoms with van der Waals surface area (Å²) in [6.07, 6.45) is 9.05. The van der Waals surface area contributed by atoms with Crippen molar-refractivity contribution in [3.8, 4) is 0 Å². The van der Waals surface area contributed by atoms with Crippen LogP contribution in [-0.4, -0.2) is 22.8 Å². The lowest BCUT2D eigenvalue weighted by atomic mass is 9.94.